The molecule has 2 atom stereocenters. The summed E-state index contributed by atoms with van der Waals surface area (Å²) in [5.41, 5.74) is 0. The maximum absolute atomic E-state index is 5.69. The summed E-state index contributed by atoms with van der Waals surface area (Å²) in [5.74, 6) is 2.64. The Labute approximate surface area is 151 Å². The minimum Gasteiger partial charge on any atom is -0.468 e. The molecular weight excluding hydrogens is 314 g/mol. The Kier molecular flexibility index (Phi) is 6.76. The van der Waals surface area contributed by atoms with E-state index in [4.69, 9.17) is 4.42 Å². The second kappa shape index (κ2) is 9.25. The van der Waals surface area contributed by atoms with Crippen LogP contribution in [0.2, 0.25) is 0 Å². The van der Waals surface area contributed by atoms with Crippen LogP contribution in [0.1, 0.15) is 37.5 Å². The van der Waals surface area contributed by atoms with Gasteiger partial charge in [0.1, 0.15) is 5.76 Å². The van der Waals surface area contributed by atoms with E-state index in [0.717, 1.165) is 37.9 Å². The smallest absolute Gasteiger partial charge is 0.191 e. The highest BCUT2D eigenvalue weighted by Crippen LogP contribution is 2.24. The SMILES string of the molecule is CN=C(NCC1CCCN(C)C1)NCC(c1ccco1)N1CCCC1. The molecule has 25 heavy (non-hydrogen) atoms. The molecule has 1 aromatic heterocycles. The number of aliphatic imine (C=N–C) groups is 1. The van der Waals surface area contributed by atoms with Crippen molar-refractivity contribution in [3.05, 3.63) is 24.2 Å². The summed E-state index contributed by atoms with van der Waals surface area (Å²) in [6, 6.07) is 4.33. The van der Waals surface area contributed by atoms with E-state index < -0.39 is 0 Å². The Morgan fingerprint density at radius 1 is 1.28 bits per heavy atom. The molecule has 2 fully saturated rings. The van der Waals surface area contributed by atoms with Crippen molar-refractivity contribution < 1.29 is 4.42 Å². The lowest BCUT2D eigenvalue weighted by atomic mass is 9.99. The van der Waals surface area contributed by atoms with Crippen molar-refractivity contribution in [2.24, 2.45) is 10.9 Å². The fraction of sp³-hybridized carbons (Fsp3) is 0.737. The second-order valence-electron chi connectivity index (χ2n) is 7.38. The molecule has 0 aliphatic carbocycles. The summed E-state index contributed by atoms with van der Waals surface area (Å²) in [6.07, 6.45) is 6.92. The van der Waals surface area contributed by atoms with E-state index >= 15 is 0 Å². The molecule has 3 heterocycles. The standard InChI is InChI=1S/C19H33N5O/c1-20-19(21-13-16-7-5-9-23(2)15-16)22-14-17(18-8-6-12-25-18)24-10-3-4-11-24/h6,8,12,16-17H,3-5,7,9-11,13-15H2,1-2H3,(H2,20,21,22). The van der Waals surface area contributed by atoms with Crippen molar-refractivity contribution >= 4 is 5.96 Å². The minimum atomic E-state index is 0.275. The van der Waals surface area contributed by atoms with Crippen LogP contribution in [-0.4, -0.2) is 69.1 Å². The molecule has 3 rings (SSSR count). The van der Waals surface area contributed by atoms with Crippen LogP contribution >= 0.6 is 0 Å². The first-order valence-electron chi connectivity index (χ1n) is 9.67. The van der Waals surface area contributed by atoms with Crippen molar-refractivity contribution in [2.75, 3.05) is 53.4 Å². The van der Waals surface area contributed by atoms with Crippen LogP contribution in [0.15, 0.2) is 27.8 Å². The topological polar surface area (TPSA) is 56.0 Å². The van der Waals surface area contributed by atoms with Gasteiger partial charge in [0.15, 0.2) is 5.96 Å². The molecular formula is C19H33N5O. The van der Waals surface area contributed by atoms with E-state index in [1.54, 1.807) is 6.26 Å². The van der Waals surface area contributed by atoms with Gasteiger partial charge in [0.25, 0.3) is 0 Å². The molecule has 2 N–H and O–H groups in total. The van der Waals surface area contributed by atoms with Gasteiger partial charge in [-0.15, -0.1) is 0 Å². The van der Waals surface area contributed by atoms with Crippen molar-refractivity contribution in [2.45, 2.75) is 31.7 Å². The van der Waals surface area contributed by atoms with Crippen LogP contribution in [0.5, 0.6) is 0 Å². The number of hydrogen-bond acceptors (Lipinski definition) is 4. The first-order valence-corrected chi connectivity index (χ1v) is 9.67. The molecule has 1 aromatic rings. The highest BCUT2D eigenvalue weighted by molar-refractivity contribution is 5.79. The third-order valence-corrected chi connectivity index (χ3v) is 5.42. The predicted molar refractivity (Wildman–Crippen MR) is 102 cm³/mol. The molecule has 2 unspecified atom stereocenters. The van der Waals surface area contributed by atoms with E-state index in [0.29, 0.717) is 5.92 Å². The number of guanidine groups is 1. The number of nitrogens with zero attached hydrogens (tertiary/aromatic N) is 3. The van der Waals surface area contributed by atoms with Gasteiger partial charge in [-0.05, 0) is 70.4 Å². The van der Waals surface area contributed by atoms with Gasteiger partial charge in [-0.2, -0.15) is 0 Å². The van der Waals surface area contributed by atoms with Crippen molar-refractivity contribution in [1.29, 1.82) is 0 Å². The fourth-order valence-electron chi connectivity index (χ4n) is 4.04. The number of likely N-dealkylation sites (tertiary alicyclic amines) is 2. The Bertz CT molecular complexity index is 524. The van der Waals surface area contributed by atoms with Crippen LogP contribution < -0.4 is 10.6 Å². The second-order valence-corrected chi connectivity index (χ2v) is 7.38. The molecule has 0 radical (unpaired) electrons. The first-order chi connectivity index (χ1) is 12.3. The van der Waals surface area contributed by atoms with Gasteiger partial charge in [-0.3, -0.25) is 9.89 Å². The number of furan rings is 1. The Balaban J connectivity index is 1.50. The normalized spacial score (nSPS) is 24.4. The summed E-state index contributed by atoms with van der Waals surface area (Å²) >= 11 is 0. The highest BCUT2D eigenvalue weighted by atomic mass is 16.3. The summed E-state index contributed by atoms with van der Waals surface area (Å²) in [7, 11) is 4.06. The molecule has 6 heteroatoms. The number of piperidine rings is 1. The van der Waals surface area contributed by atoms with Crippen LogP contribution in [-0.2, 0) is 0 Å². The zero-order valence-electron chi connectivity index (χ0n) is 15.7. The fourth-order valence-corrected chi connectivity index (χ4v) is 4.04. The molecule has 140 valence electrons. The molecule has 0 saturated carbocycles. The van der Waals surface area contributed by atoms with E-state index in [1.807, 2.05) is 13.1 Å². The summed E-state index contributed by atoms with van der Waals surface area (Å²) in [4.78, 5) is 9.34. The van der Waals surface area contributed by atoms with Crippen molar-refractivity contribution in [3.63, 3.8) is 0 Å². The molecule has 2 saturated heterocycles. The third kappa shape index (κ3) is 5.22. The van der Waals surface area contributed by atoms with Gasteiger partial charge < -0.3 is 20.0 Å². The average Bonchev–Trinajstić information content (AvgIpc) is 3.32. The largest absolute Gasteiger partial charge is 0.468 e. The van der Waals surface area contributed by atoms with Crippen LogP contribution in [0.25, 0.3) is 0 Å². The maximum atomic E-state index is 5.69. The van der Waals surface area contributed by atoms with E-state index in [2.05, 4.69) is 38.5 Å². The van der Waals surface area contributed by atoms with Crippen LogP contribution in [0.4, 0.5) is 0 Å². The lowest BCUT2D eigenvalue weighted by molar-refractivity contribution is 0.209. The van der Waals surface area contributed by atoms with Gasteiger partial charge in [-0.1, -0.05) is 0 Å². The molecule has 0 bridgehead atoms. The van der Waals surface area contributed by atoms with Crippen molar-refractivity contribution in [1.82, 2.24) is 20.4 Å². The van der Waals surface area contributed by atoms with E-state index in [-0.39, 0.29) is 6.04 Å². The molecule has 0 amide bonds. The highest BCUT2D eigenvalue weighted by Gasteiger charge is 2.25. The Hall–Kier alpha value is -1.53. The summed E-state index contributed by atoms with van der Waals surface area (Å²) in [6.45, 7) is 6.49. The monoisotopic (exact) mass is 347 g/mol. The maximum Gasteiger partial charge on any atom is 0.191 e. The zero-order chi connectivity index (χ0) is 17.5. The average molecular weight is 348 g/mol. The molecule has 6 nitrogen and oxygen atoms in total. The third-order valence-electron chi connectivity index (χ3n) is 5.42. The predicted octanol–water partition coefficient (Wildman–Crippen LogP) is 1.92. The quantitative estimate of drug-likeness (QED) is 0.608. The van der Waals surface area contributed by atoms with Gasteiger partial charge >= 0.3 is 0 Å². The van der Waals surface area contributed by atoms with Crippen LogP contribution in [0.3, 0.4) is 0 Å². The molecule has 0 spiro atoms. The summed E-state index contributed by atoms with van der Waals surface area (Å²) < 4.78 is 5.69. The number of rotatable bonds is 6. The zero-order valence-corrected chi connectivity index (χ0v) is 15.7. The molecule has 0 aromatic carbocycles. The Morgan fingerprint density at radius 3 is 2.80 bits per heavy atom. The lowest BCUT2D eigenvalue weighted by Gasteiger charge is -2.30. The van der Waals surface area contributed by atoms with Gasteiger partial charge in [-0.25, -0.2) is 0 Å². The Morgan fingerprint density at radius 2 is 2.12 bits per heavy atom. The summed E-state index contributed by atoms with van der Waals surface area (Å²) in [5, 5.41) is 7.02. The van der Waals surface area contributed by atoms with Gasteiger partial charge in [0.2, 0.25) is 0 Å². The van der Waals surface area contributed by atoms with Gasteiger partial charge in [0, 0.05) is 26.7 Å². The molecule has 2 aliphatic rings. The minimum absolute atomic E-state index is 0.275. The van der Waals surface area contributed by atoms with E-state index in [1.165, 1.54) is 38.8 Å². The lowest BCUT2D eigenvalue weighted by Crippen LogP contribution is -2.45. The van der Waals surface area contributed by atoms with Crippen molar-refractivity contribution in [3.8, 4) is 0 Å². The molecule has 2 aliphatic heterocycles. The van der Waals surface area contributed by atoms with E-state index in [9.17, 15) is 0 Å². The number of hydrogen-bond donors (Lipinski definition) is 2. The first kappa shape index (κ1) is 18.3. The van der Waals surface area contributed by atoms with Gasteiger partial charge in [0.05, 0.1) is 12.3 Å². The van der Waals surface area contributed by atoms with Crippen LogP contribution in [0, 0.1) is 5.92 Å². The number of nitrogens with one attached hydrogen (secondary N) is 2.